The molecule has 1 aliphatic rings. The van der Waals surface area contributed by atoms with Crippen LogP contribution in [-0.4, -0.2) is 40.2 Å². The van der Waals surface area contributed by atoms with Gasteiger partial charge in [0.25, 0.3) is 0 Å². The van der Waals surface area contributed by atoms with Crippen LogP contribution < -0.4 is 5.32 Å². The Bertz CT molecular complexity index is 544. The summed E-state index contributed by atoms with van der Waals surface area (Å²) in [7, 11) is 0. The Morgan fingerprint density at radius 2 is 2.19 bits per heavy atom. The molecule has 1 heterocycles. The highest BCUT2D eigenvalue weighted by atomic mass is 16.4. The predicted molar refractivity (Wildman–Crippen MR) is 78.7 cm³/mol. The van der Waals surface area contributed by atoms with Crippen molar-refractivity contribution in [2.24, 2.45) is 5.92 Å². The standard InChI is InChI=1S/C15H20N2O4/c1-2-10-4-3-7-17(9-10)15(21)16-11-5-6-13(18)12(8-11)14(19)20/h5-6,8,10,18H,2-4,7,9H2,1H3,(H,16,21)(H,19,20). The minimum atomic E-state index is -1.23. The summed E-state index contributed by atoms with van der Waals surface area (Å²) in [6, 6.07) is 3.79. The largest absolute Gasteiger partial charge is 0.507 e. The maximum absolute atomic E-state index is 12.2. The van der Waals surface area contributed by atoms with Crippen molar-refractivity contribution in [3.05, 3.63) is 23.8 Å². The first kappa shape index (κ1) is 15.2. The second kappa shape index (κ2) is 6.47. The Morgan fingerprint density at radius 1 is 1.43 bits per heavy atom. The van der Waals surface area contributed by atoms with Gasteiger partial charge in [0, 0.05) is 18.8 Å². The van der Waals surface area contributed by atoms with E-state index in [0.717, 1.165) is 25.8 Å². The molecule has 1 fully saturated rings. The fourth-order valence-corrected chi connectivity index (χ4v) is 2.57. The number of rotatable bonds is 3. The zero-order valence-corrected chi connectivity index (χ0v) is 12.0. The number of aromatic hydroxyl groups is 1. The van der Waals surface area contributed by atoms with Gasteiger partial charge in [-0.2, -0.15) is 0 Å². The number of urea groups is 1. The lowest BCUT2D eigenvalue weighted by Crippen LogP contribution is -2.42. The van der Waals surface area contributed by atoms with Crippen LogP contribution >= 0.6 is 0 Å². The number of phenols is 1. The molecule has 114 valence electrons. The van der Waals surface area contributed by atoms with Crippen molar-refractivity contribution >= 4 is 17.7 Å². The van der Waals surface area contributed by atoms with Crippen LogP contribution in [0, 0.1) is 5.92 Å². The van der Waals surface area contributed by atoms with Gasteiger partial charge in [0.1, 0.15) is 11.3 Å². The van der Waals surface area contributed by atoms with E-state index >= 15 is 0 Å². The highest BCUT2D eigenvalue weighted by Crippen LogP contribution is 2.23. The zero-order chi connectivity index (χ0) is 15.4. The van der Waals surface area contributed by atoms with E-state index in [0.29, 0.717) is 18.2 Å². The van der Waals surface area contributed by atoms with E-state index in [-0.39, 0.29) is 17.3 Å². The summed E-state index contributed by atoms with van der Waals surface area (Å²) in [5.41, 5.74) is 0.145. The summed E-state index contributed by atoms with van der Waals surface area (Å²) < 4.78 is 0. The number of benzene rings is 1. The minimum absolute atomic E-state index is 0.224. The van der Waals surface area contributed by atoms with E-state index in [2.05, 4.69) is 12.2 Å². The average Bonchev–Trinajstić information content (AvgIpc) is 2.49. The summed E-state index contributed by atoms with van der Waals surface area (Å²) in [6.07, 6.45) is 3.18. The van der Waals surface area contributed by atoms with E-state index in [1.807, 2.05) is 0 Å². The monoisotopic (exact) mass is 292 g/mol. The molecule has 1 aromatic carbocycles. The van der Waals surface area contributed by atoms with Crippen molar-refractivity contribution in [2.75, 3.05) is 18.4 Å². The van der Waals surface area contributed by atoms with E-state index in [4.69, 9.17) is 5.11 Å². The van der Waals surface area contributed by atoms with Crippen molar-refractivity contribution in [3.8, 4) is 5.75 Å². The zero-order valence-electron chi connectivity index (χ0n) is 12.0. The molecule has 0 aromatic heterocycles. The first-order valence-electron chi connectivity index (χ1n) is 7.13. The van der Waals surface area contributed by atoms with Crippen LogP contribution in [0.4, 0.5) is 10.5 Å². The molecule has 0 bridgehead atoms. The van der Waals surface area contributed by atoms with Gasteiger partial charge in [0.2, 0.25) is 0 Å². The fraction of sp³-hybridized carbons (Fsp3) is 0.467. The third kappa shape index (κ3) is 3.65. The maximum Gasteiger partial charge on any atom is 0.339 e. The average molecular weight is 292 g/mol. The van der Waals surface area contributed by atoms with E-state index in [9.17, 15) is 14.7 Å². The lowest BCUT2D eigenvalue weighted by atomic mass is 9.96. The molecule has 6 nitrogen and oxygen atoms in total. The summed E-state index contributed by atoms with van der Waals surface area (Å²) in [5, 5.41) is 21.1. The number of likely N-dealkylation sites (tertiary alicyclic amines) is 1. The molecule has 3 N–H and O–H groups in total. The first-order valence-corrected chi connectivity index (χ1v) is 7.13. The number of nitrogens with one attached hydrogen (secondary N) is 1. The van der Waals surface area contributed by atoms with Crippen LogP contribution in [0.5, 0.6) is 5.75 Å². The molecule has 0 saturated carbocycles. The molecule has 1 saturated heterocycles. The molecule has 0 radical (unpaired) electrons. The maximum atomic E-state index is 12.2. The number of aromatic carboxylic acids is 1. The Labute approximate surface area is 123 Å². The predicted octanol–water partition coefficient (Wildman–Crippen LogP) is 2.74. The molecule has 1 aromatic rings. The molecule has 2 rings (SSSR count). The number of carbonyl (C=O) groups excluding carboxylic acids is 1. The van der Waals surface area contributed by atoms with Gasteiger partial charge in [-0.15, -0.1) is 0 Å². The molecular weight excluding hydrogens is 272 g/mol. The van der Waals surface area contributed by atoms with Crippen molar-refractivity contribution < 1.29 is 19.8 Å². The smallest absolute Gasteiger partial charge is 0.339 e. The van der Waals surface area contributed by atoms with Crippen LogP contribution in [0.2, 0.25) is 0 Å². The number of hydrogen-bond acceptors (Lipinski definition) is 3. The third-order valence-corrected chi connectivity index (χ3v) is 3.86. The number of nitrogens with zero attached hydrogens (tertiary/aromatic N) is 1. The molecule has 2 amide bonds. The van der Waals surface area contributed by atoms with Gasteiger partial charge in [-0.3, -0.25) is 0 Å². The quantitative estimate of drug-likeness (QED) is 0.747. The SMILES string of the molecule is CCC1CCCN(C(=O)Nc2ccc(O)c(C(=O)O)c2)C1. The number of carboxylic acid groups (broad SMARTS) is 1. The van der Waals surface area contributed by atoms with Gasteiger partial charge in [-0.25, -0.2) is 9.59 Å². The second-order valence-electron chi connectivity index (χ2n) is 5.33. The summed E-state index contributed by atoms with van der Waals surface area (Å²) in [5.74, 6) is -1.02. The number of anilines is 1. The van der Waals surface area contributed by atoms with Gasteiger partial charge in [-0.05, 0) is 37.0 Å². The lowest BCUT2D eigenvalue weighted by Gasteiger charge is -2.32. The highest BCUT2D eigenvalue weighted by molar-refractivity contribution is 5.95. The summed E-state index contributed by atoms with van der Waals surface area (Å²) >= 11 is 0. The van der Waals surface area contributed by atoms with E-state index in [1.54, 1.807) is 4.90 Å². The van der Waals surface area contributed by atoms with Crippen LogP contribution in [0.1, 0.15) is 36.5 Å². The molecule has 1 atom stereocenters. The number of piperidine rings is 1. The van der Waals surface area contributed by atoms with Crippen LogP contribution in [0.3, 0.4) is 0 Å². The molecule has 0 spiro atoms. The lowest BCUT2D eigenvalue weighted by molar-refractivity contribution is 0.0693. The summed E-state index contributed by atoms with van der Waals surface area (Å²) in [4.78, 5) is 24.9. The van der Waals surface area contributed by atoms with Crippen LogP contribution in [0.25, 0.3) is 0 Å². The van der Waals surface area contributed by atoms with E-state index < -0.39 is 5.97 Å². The fourth-order valence-electron chi connectivity index (χ4n) is 2.57. The van der Waals surface area contributed by atoms with Crippen LogP contribution in [0.15, 0.2) is 18.2 Å². The number of hydrogen-bond donors (Lipinski definition) is 3. The Hall–Kier alpha value is -2.24. The van der Waals surface area contributed by atoms with Crippen molar-refractivity contribution in [1.82, 2.24) is 4.90 Å². The van der Waals surface area contributed by atoms with Gasteiger partial charge in [0.05, 0.1) is 0 Å². The summed E-state index contributed by atoms with van der Waals surface area (Å²) in [6.45, 7) is 3.56. The number of carbonyl (C=O) groups is 2. The highest BCUT2D eigenvalue weighted by Gasteiger charge is 2.22. The number of amides is 2. The molecule has 21 heavy (non-hydrogen) atoms. The van der Waals surface area contributed by atoms with Crippen molar-refractivity contribution in [3.63, 3.8) is 0 Å². The second-order valence-corrected chi connectivity index (χ2v) is 5.33. The van der Waals surface area contributed by atoms with Gasteiger partial charge in [-0.1, -0.05) is 13.3 Å². The Balaban J connectivity index is 2.05. The molecule has 1 aliphatic heterocycles. The van der Waals surface area contributed by atoms with Gasteiger partial charge < -0.3 is 20.4 Å². The molecule has 0 aliphatic carbocycles. The molecule has 6 heteroatoms. The molecular formula is C15H20N2O4. The Morgan fingerprint density at radius 3 is 2.86 bits per heavy atom. The van der Waals surface area contributed by atoms with Gasteiger partial charge in [0.15, 0.2) is 0 Å². The van der Waals surface area contributed by atoms with Crippen molar-refractivity contribution in [1.29, 1.82) is 0 Å². The third-order valence-electron chi connectivity index (χ3n) is 3.86. The molecule has 1 unspecified atom stereocenters. The Kier molecular flexibility index (Phi) is 4.67. The first-order chi connectivity index (χ1) is 10.0. The van der Waals surface area contributed by atoms with Crippen molar-refractivity contribution in [2.45, 2.75) is 26.2 Å². The minimum Gasteiger partial charge on any atom is -0.507 e. The normalized spacial score (nSPS) is 18.3. The van der Waals surface area contributed by atoms with E-state index in [1.165, 1.54) is 18.2 Å². The topological polar surface area (TPSA) is 89.9 Å². The van der Waals surface area contributed by atoms with Gasteiger partial charge >= 0.3 is 12.0 Å². The number of carboxylic acids is 1. The van der Waals surface area contributed by atoms with Crippen LogP contribution in [-0.2, 0) is 0 Å².